The summed E-state index contributed by atoms with van der Waals surface area (Å²) in [6, 6.07) is 27.2. The Kier molecular flexibility index (Phi) is 8.10. The van der Waals surface area contributed by atoms with Crippen LogP contribution in [0.1, 0.15) is 43.9 Å². The van der Waals surface area contributed by atoms with Gasteiger partial charge in [-0.3, -0.25) is 0 Å². The molecule has 0 aliphatic rings. The molecule has 0 heterocycles. The van der Waals surface area contributed by atoms with Gasteiger partial charge in [-0.05, 0) is 61.1 Å². The van der Waals surface area contributed by atoms with Crippen molar-refractivity contribution in [2.75, 3.05) is 6.54 Å². The Morgan fingerprint density at radius 1 is 0.909 bits per heavy atom. The van der Waals surface area contributed by atoms with Crippen molar-refractivity contribution in [1.82, 2.24) is 4.72 Å². The molecule has 0 radical (unpaired) electrons. The van der Waals surface area contributed by atoms with Crippen molar-refractivity contribution in [2.24, 2.45) is 5.92 Å². The first-order chi connectivity index (χ1) is 15.7. The van der Waals surface area contributed by atoms with Gasteiger partial charge in [0.25, 0.3) is 0 Å². The number of allylic oxidation sites excluding steroid dienone is 1. The fourth-order valence-electron chi connectivity index (χ4n) is 3.76. The maximum absolute atomic E-state index is 13.2. The van der Waals surface area contributed by atoms with E-state index < -0.39 is 15.4 Å². The van der Waals surface area contributed by atoms with Gasteiger partial charge in [-0.25, -0.2) is 13.1 Å². The lowest BCUT2D eigenvalue weighted by atomic mass is 9.72. The predicted octanol–water partition coefficient (Wildman–Crippen LogP) is 6.41. The molecule has 0 spiro atoms. The van der Waals surface area contributed by atoms with Crippen LogP contribution in [0.5, 0.6) is 0 Å². The molecule has 3 aromatic rings. The van der Waals surface area contributed by atoms with E-state index in [2.05, 4.69) is 61.6 Å². The molecule has 0 fully saturated rings. The van der Waals surface area contributed by atoms with Crippen LogP contribution in [0.2, 0.25) is 0 Å². The summed E-state index contributed by atoms with van der Waals surface area (Å²) in [6.07, 6.45) is 2.66. The minimum Gasteiger partial charge on any atom is -0.210 e. The molecule has 0 bridgehead atoms. The second kappa shape index (κ2) is 10.8. The number of benzene rings is 3. The van der Waals surface area contributed by atoms with Gasteiger partial charge < -0.3 is 0 Å². The SMILES string of the molecule is CC(=C=CCC(CNS(=O)(=O)c1ccc(C)cc1)(c1ccccc1)c1ccccc1)C(C)C. The number of aryl methyl sites for hydroxylation is 1. The molecule has 172 valence electrons. The molecular formula is C29H33NO2S. The summed E-state index contributed by atoms with van der Waals surface area (Å²) in [6.45, 7) is 8.55. The van der Waals surface area contributed by atoms with Gasteiger partial charge in [0.1, 0.15) is 0 Å². The third-order valence-electron chi connectivity index (χ3n) is 6.19. The minimum absolute atomic E-state index is 0.232. The van der Waals surface area contributed by atoms with Crippen molar-refractivity contribution in [3.63, 3.8) is 0 Å². The number of hydrogen-bond acceptors (Lipinski definition) is 2. The molecule has 3 rings (SSSR count). The maximum Gasteiger partial charge on any atom is 0.240 e. The van der Waals surface area contributed by atoms with E-state index in [0.29, 0.717) is 12.3 Å². The van der Waals surface area contributed by atoms with Crippen LogP contribution >= 0.6 is 0 Å². The first-order valence-electron chi connectivity index (χ1n) is 11.3. The minimum atomic E-state index is -3.67. The van der Waals surface area contributed by atoms with E-state index in [0.717, 1.165) is 16.7 Å². The molecule has 0 aliphatic heterocycles. The Balaban J connectivity index is 2.08. The summed E-state index contributed by atoms with van der Waals surface area (Å²) in [5.74, 6) is 0.407. The van der Waals surface area contributed by atoms with Crippen molar-refractivity contribution in [1.29, 1.82) is 0 Å². The molecule has 0 aromatic heterocycles. The van der Waals surface area contributed by atoms with Crippen molar-refractivity contribution < 1.29 is 8.42 Å². The van der Waals surface area contributed by atoms with Gasteiger partial charge in [0.05, 0.1) is 4.90 Å². The largest absolute Gasteiger partial charge is 0.240 e. The smallest absolute Gasteiger partial charge is 0.210 e. The lowest BCUT2D eigenvalue weighted by molar-refractivity contribution is 0.499. The molecular weight excluding hydrogens is 426 g/mol. The Bertz CT molecular complexity index is 1170. The molecule has 0 atom stereocenters. The Labute approximate surface area is 198 Å². The fraction of sp³-hybridized carbons (Fsp3) is 0.276. The molecule has 33 heavy (non-hydrogen) atoms. The standard InChI is InChI=1S/C29H33NO2S/c1-23(2)25(4)12-11-21-29(26-13-7-5-8-14-26,27-15-9-6-10-16-27)22-30-33(31,32)28-19-17-24(3)18-20-28/h5-11,13-20,23,30H,21-22H2,1-4H3. The number of hydrogen-bond donors (Lipinski definition) is 1. The van der Waals surface area contributed by atoms with E-state index >= 15 is 0 Å². The topological polar surface area (TPSA) is 46.2 Å². The van der Waals surface area contributed by atoms with Gasteiger partial charge in [0, 0.05) is 12.0 Å². The Hall–Kier alpha value is -2.91. The van der Waals surface area contributed by atoms with E-state index in [1.54, 1.807) is 12.1 Å². The van der Waals surface area contributed by atoms with Crippen molar-refractivity contribution in [3.8, 4) is 0 Å². The summed E-state index contributed by atoms with van der Waals surface area (Å²) in [5.41, 5.74) is 7.16. The zero-order valence-electron chi connectivity index (χ0n) is 19.9. The number of sulfonamides is 1. The Morgan fingerprint density at radius 2 is 1.42 bits per heavy atom. The first kappa shape index (κ1) is 24.7. The van der Waals surface area contributed by atoms with Crippen LogP contribution in [0, 0.1) is 12.8 Å². The van der Waals surface area contributed by atoms with Gasteiger partial charge in [-0.1, -0.05) is 92.2 Å². The van der Waals surface area contributed by atoms with Crippen molar-refractivity contribution >= 4 is 10.0 Å². The highest BCUT2D eigenvalue weighted by atomic mass is 32.2. The van der Waals surface area contributed by atoms with Gasteiger partial charge in [0.15, 0.2) is 0 Å². The molecule has 0 amide bonds. The second-order valence-corrected chi connectivity index (χ2v) is 10.6. The maximum atomic E-state index is 13.2. The monoisotopic (exact) mass is 459 g/mol. The highest BCUT2D eigenvalue weighted by Crippen LogP contribution is 2.36. The van der Waals surface area contributed by atoms with Crippen molar-refractivity contribution in [2.45, 2.75) is 44.4 Å². The van der Waals surface area contributed by atoms with Gasteiger partial charge in [-0.15, -0.1) is 5.73 Å². The second-order valence-electron chi connectivity index (χ2n) is 8.84. The van der Waals surface area contributed by atoms with Crippen LogP contribution in [0.3, 0.4) is 0 Å². The van der Waals surface area contributed by atoms with Gasteiger partial charge in [-0.2, -0.15) is 0 Å². The molecule has 4 heteroatoms. The number of rotatable bonds is 9. The van der Waals surface area contributed by atoms with E-state index in [-0.39, 0.29) is 11.4 Å². The van der Waals surface area contributed by atoms with E-state index in [1.165, 1.54) is 5.57 Å². The van der Waals surface area contributed by atoms with E-state index in [1.807, 2.05) is 55.5 Å². The summed E-state index contributed by atoms with van der Waals surface area (Å²) in [7, 11) is -3.67. The summed E-state index contributed by atoms with van der Waals surface area (Å²) in [5, 5.41) is 0. The first-order valence-corrected chi connectivity index (χ1v) is 12.8. The van der Waals surface area contributed by atoms with Crippen LogP contribution in [0.4, 0.5) is 0 Å². The number of nitrogens with one attached hydrogen (secondary N) is 1. The molecule has 0 saturated carbocycles. The lowest BCUT2D eigenvalue weighted by Crippen LogP contribution is -2.41. The Morgan fingerprint density at radius 3 is 1.91 bits per heavy atom. The molecule has 3 aromatic carbocycles. The van der Waals surface area contributed by atoms with Crippen LogP contribution in [-0.2, 0) is 15.4 Å². The lowest BCUT2D eigenvalue weighted by Gasteiger charge is -2.34. The van der Waals surface area contributed by atoms with Crippen molar-refractivity contribution in [3.05, 3.63) is 119 Å². The molecule has 0 saturated heterocycles. The highest BCUT2D eigenvalue weighted by molar-refractivity contribution is 7.89. The molecule has 0 unspecified atom stereocenters. The van der Waals surface area contributed by atoms with Crippen LogP contribution in [0.25, 0.3) is 0 Å². The molecule has 0 aliphatic carbocycles. The summed E-state index contributed by atoms with van der Waals surface area (Å²) in [4.78, 5) is 0.272. The summed E-state index contributed by atoms with van der Waals surface area (Å²) >= 11 is 0. The zero-order valence-corrected chi connectivity index (χ0v) is 20.7. The van der Waals surface area contributed by atoms with E-state index in [4.69, 9.17) is 0 Å². The third-order valence-corrected chi connectivity index (χ3v) is 7.61. The van der Waals surface area contributed by atoms with Gasteiger partial charge in [0.2, 0.25) is 10.0 Å². The quantitative estimate of drug-likeness (QED) is 0.376. The zero-order chi connectivity index (χ0) is 23.9. The fourth-order valence-corrected chi connectivity index (χ4v) is 4.86. The average Bonchev–Trinajstić information content (AvgIpc) is 2.82. The van der Waals surface area contributed by atoms with Crippen LogP contribution in [-0.4, -0.2) is 15.0 Å². The van der Waals surface area contributed by atoms with Crippen LogP contribution in [0.15, 0.2) is 107 Å². The van der Waals surface area contributed by atoms with E-state index in [9.17, 15) is 8.42 Å². The summed E-state index contributed by atoms with van der Waals surface area (Å²) < 4.78 is 29.3. The normalized spacial score (nSPS) is 11.8. The molecule has 3 nitrogen and oxygen atoms in total. The average molecular weight is 460 g/mol. The highest BCUT2D eigenvalue weighted by Gasteiger charge is 2.34. The molecule has 1 N–H and O–H groups in total. The van der Waals surface area contributed by atoms with Gasteiger partial charge >= 0.3 is 0 Å². The third kappa shape index (κ3) is 6.11. The predicted molar refractivity (Wildman–Crippen MR) is 137 cm³/mol. The van der Waals surface area contributed by atoms with Crippen LogP contribution < -0.4 is 4.72 Å².